The Bertz CT molecular complexity index is 420. The summed E-state index contributed by atoms with van der Waals surface area (Å²) >= 11 is 0. The molecule has 3 heteroatoms. The number of hydrogen-bond acceptors (Lipinski definition) is 3. The van der Waals surface area contributed by atoms with Gasteiger partial charge in [0.05, 0.1) is 6.10 Å². The van der Waals surface area contributed by atoms with Crippen LogP contribution in [0.3, 0.4) is 0 Å². The van der Waals surface area contributed by atoms with Crippen molar-refractivity contribution < 1.29 is 9.90 Å². The van der Waals surface area contributed by atoms with Gasteiger partial charge in [-0.15, -0.1) is 0 Å². The van der Waals surface area contributed by atoms with Crippen molar-refractivity contribution in [1.82, 2.24) is 4.90 Å². The van der Waals surface area contributed by atoms with E-state index in [0.717, 1.165) is 37.8 Å². The molecule has 0 aromatic carbocycles. The van der Waals surface area contributed by atoms with E-state index in [1.54, 1.807) is 6.08 Å². The second kappa shape index (κ2) is 5.49. The Hall–Kier alpha value is -1.09. The first-order valence-corrected chi connectivity index (χ1v) is 7.25. The number of nitrogens with zero attached hydrogens (tertiary/aromatic N) is 1. The number of carbonyl (C=O) groups excluding carboxylic acids is 1. The van der Waals surface area contributed by atoms with E-state index in [-0.39, 0.29) is 11.5 Å². The van der Waals surface area contributed by atoms with Gasteiger partial charge < -0.3 is 10.0 Å². The van der Waals surface area contributed by atoms with Gasteiger partial charge in [0, 0.05) is 24.9 Å². The number of likely N-dealkylation sites (tertiary alicyclic amines) is 1. The van der Waals surface area contributed by atoms with Gasteiger partial charge in [-0.25, -0.2) is 0 Å². The van der Waals surface area contributed by atoms with Gasteiger partial charge in [-0.3, -0.25) is 4.79 Å². The number of β-amino-alcohol motifs (C(OH)–C–C–N with tert-alkyl or cyclic N) is 1. The highest BCUT2D eigenvalue weighted by atomic mass is 16.3. The van der Waals surface area contributed by atoms with Crippen LogP contribution in [0.4, 0.5) is 0 Å². The third kappa shape index (κ3) is 2.92. The molecule has 0 bridgehead atoms. The number of aldehydes is 1. The SMILES string of the molecule is CC1=C(C(=CC=O)N2CCC(O)C2)C(C)(C)CCC1. The molecule has 1 heterocycles. The van der Waals surface area contributed by atoms with Crippen molar-refractivity contribution in [2.45, 2.75) is 52.6 Å². The van der Waals surface area contributed by atoms with Crippen LogP contribution in [-0.2, 0) is 4.79 Å². The minimum Gasteiger partial charge on any atom is -0.391 e. The third-order valence-corrected chi connectivity index (χ3v) is 4.44. The molecule has 106 valence electrons. The average molecular weight is 263 g/mol. The lowest BCUT2D eigenvalue weighted by Crippen LogP contribution is -2.30. The molecule has 1 saturated heterocycles. The molecular weight excluding hydrogens is 238 g/mol. The van der Waals surface area contributed by atoms with Gasteiger partial charge in [0.1, 0.15) is 6.29 Å². The highest BCUT2D eigenvalue weighted by Crippen LogP contribution is 2.44. The Morgan fingerprint density at radius 2 is 2.21 bits per heavy atom. The molecular formula is C16H25NO2. The Morgan fingerprint density at radius 1 is 1.47 bits per heavy atom. The van der Waals surface area contributed by atoms with E-state index < -0.39 is 0 Å². The molecule has 0 spiro atoms. The van der Waals surface area contributed by atoms with E-state index in [0.29, 0.717) is 6.54 Å². The molecule has 0 aromatic heterocycles. The summed E-state index contributed by atoms with van der Waals surface area (Å²) in [6.45, 7) is 8.19. The van der Waals surface area contributed by atoms with Gasteiger partial charge in [0.25, 0.3) is 0 Å². The van der Waals surface area contributed by atoms with E-state index in [9.17, 15) is 9.90 Å². The van der Waals surface area contributed by atoms with Gasteiger partial charge in [0.15, 0.2) is 0 Å². The average Bonchev–Trinajstić information content (AvgIpc) is 2.73. The predicted octanol–water partition coefficient (Wildman–Crippen LogP) is 2.66. The predicted molar refractivity (Wildman–Crippen MR) is 76.7 cm³/mol. The Morgan fingerprint density at radius 3 is 2.74 bits per heavy atom. The van der Waals surface area contributed by atoms with Gasteiger partial charge in [-0.05, 0) is 43.6 Å². The smallest absolute Gasteiger partial charge is 0.144 e. The zero-order chi connectivity index (χ0) is 14.0. The number of allylic oxidation sites excluding steroid dienone is 3. The standard InChI is InChI=1S/C16H25NO2/c1-12-5-4-8-16(2,3)15(12)14(7-10-18)17-9-6-13(19)11-17/h7,10,13,19H,4-6,8-9,11H2,1-3H3. The lowest BCUT2D eigenvalue weighted by molar-refractivity contribution is -0.104. The first-order chi connectivity index (χ1) is 8.95. The first kappa shape index (κ1) is 14.3. The zero-order valence-electron chi connectivity index (χ0n) is 12.3. The maximum Gasteiger partial charge on any atom is 0.144 e. The van der Waals surface area contributed by atoms with E-state index in [1.165, 1.54) is 17.6 Å². The summed E-state index contributed by atoms with van der Waals surface area (Å²) in [5.74, 6) is 0. The maximum absolute atomic E-state index is 11.0. The minimum atomic E-state index is -0.261. The van der Waals surface area contributed by atoms with Crippen molar-refractivity contribution in [2.75, 3.05) is 13.1 Å². The van der Waals surface area contributed by atoms with Gasteiger partial charge >= 0.3 is 0 Å². The molecule has 0 saturated carbocycles. The van der Waals surface area contributed by atoms with Crippen LogP contribution in [-0.4, -0.2) is 35.5 Å². The number of hydrogen-bond donors (Lipinski definition) is 1. The second-order valence-corrected chi connectivity index (χ2v) is 6.47. The monoisotopic (exact) mass is 263 g/mol. The van der Waals surface area contributed by atoms with Crippen molar-refractivity contribution >= 4 is 6.29 Å². The number of carbonyl (C=O) groups is 1. The van der Waals surface area contributed by atoms with Gasteiger partial charge in [-0.1, -0.05) is 19.4 Å². The van der Waals surface area contributed by atoms with Crippen LogP contribution in [0.1, 0.15) is 46.5 Å². The zero-order valence-corrected chi connectivity index (χ0v) is 12.3. The van der Waals surface area contributed by atoms with Crippen molar-refractivity contribution in [3.63, 3.8) is 0 Å². The largest absolute Gasteiger partial charge is 0.391 e. The highest BCUT2D eigenvalue weighted by molar-refractivity contribution is 5.68. The summed E-state index contributed by atoms with van der Waals surface area (Å²) < 4.78 is 0. The van der Waals surface area contributed by atoms with E-state index >= 15 is 0 Å². The summed E-state index contributed by atoms with van der Waals surface area (Å²) in [6, 6.07) is 0. The Kier molecular flexibility index (Phi) is 4.14. The topological polar surface area (TPSA) is 40.5 Å². The number of rotatable bonds is 3. The highest BCUT2D eigenvalue weighted by Gasteiger charge is 2.34. The maximum atomic E-state index is 11.0. The normalized spacial score (nSPS) is 27.9. The fourth-order valence-electron chi connectivity index (χ4n) is 3.56. The van der Waals surface area contributed by atoms with Crippen LogP contribution in [0.5, 0.6) is 0 Å². The van der Waals surface area contributed by atoms with Crippen LogP contribution in [0.25, 0.3) is 0 Å². The molecule has 1 atom stereocenters. The quantitative estimate of drug-likeness (QED) is 0.628. The van der Waals surface area contributed by atoms with Crippen LogP contribution in [0.15, 0.2) is 22.9 Å². The molecule has 0 amide bonds. The molecule has 0 aromatic rings. The lowest BCUT2D eigenvalue weighted by Gasteiger charge is -2.38. The number of aliphatic hydroxyl groups excluding tert-OH is 1. The summed E-state index contributed by atoms with van der Waals surface area (Å²) in [6.07, 6.45) is 6.59. The Labute approximate surface area is 116 Å². The molecule has 1 aliphatic carbocycles. The minimum absolute atomic E-state index is 0.116. The van der Waals surface area contributed by atoms with E-state index in [1.807, 2.05) is 0 Å². The van der Waals surface area contributed by atoms with Crippen LogP contribution in [0, 0.1) is 5.41 Å². The van der Waals surface area contributed by atoms with Gasteiger partial charge in [0.2, 0.25) is 0 Å². The first-order valence-electron chi connectivity index (χ1n) is 7.25. The molecule has 1 aliphatic heterocycles. The molecule has 1 fully saturated rings. The lowest BCUT2D eigenvalue weighted by atomic mass is 9.71. The molecule has 1 unspecified atom stereocenters. The molecule has 0 radical (unpaired) electrons. The molecule has 19 heavy (non-hydrogen) atoms. The van der Waals surface area contributed by atoms with Crippen molar-refractivity contribution in [3.8, 4) is 0 Å². The Balaban J connectivity index is 2.38. The third-order valence-electron chi connectivity index (χ3n) is 4.44. The van der Waals surface area contributed by atoms with Crippen LogP contribution >= 0.6 is 0 Å². The fraction of sp³-hybridized carbons (Fsp3) is 0.688. The summed E-state index contributed by atoms with van der Waals surface area (Å²) in [7, 11) is 0. The summed E-state index contributed by atoms with van der Waals surface area (Å²) in [5.41, 5.74) is 3.87. The molecule has 1 N–H and O–H groups in total. The summed E-state index contributed by atoms with van der Waals surface area (Å²) in [5, 5.41) is 9.74. The molecule has 2 rings (SSSR count). The second-order valence-electron chi connectivity index (χ2n) is 6.47. The molecule has 3 nitrogen and oxygen atoms in total. The van der Waals surface area contributed by atoms with Crippen LogP contribution in [0.2, 0.25) is 0 Å². The van der Waals surface area contributed by atoms with Crippen molar-refractivity contribution in [3.05, 3.63) is 22.9 Å². The van der Waals surface area contributed by atoms with Gasteiger partial charge in [-0.2, -0.15) is 0 Å². The van der Waals surface area contributed by atoms with E-state index in [2.05, 4.69) is 25.7 Å². The number of aliphatic hydroxyl groups is 1. The fourth-order valence-corrected chi connectivity index (χ4v) is 3.56. The van der Waals surface area contributed by atoms with Crippen molar-refractivity contribution in [1.29, 1.82) is 0 Å². The summed E-state index contributed by atoms with van der Waals surface area (Å²) in [4.78, 5) is 13.2. The molecule has 2 aliphatic rings. The van der Waals surface area contributed by atoms with Crippen molar-refractivity contribution in [2.24, 2.45) is 5.41 Å². The van der Waals surface area contributed by atoms with E-state index in [4.69, 9.17) is 0 Å². The van der Waals surface area contributed by atoms with Crippen LogP contribution < -0.4 is 0 Å².